The van der Waals surface area contributed by atoms with Gasteiger partial charge in [-0.05, 0) is 12.3 Å². The molecule has 78 valence electrons. The van der Waals surface area contributed by atoms with E-state index in [9.17, 15) is 4.79 Å². The first-order valence-corrected chi connectivity index (χ1v) is 5.06. The van der Waals surface area contributed by atoms with Crippen LogP contribution >= 0.6 is 11.6 Å². The van der Waals surface area contributed by atoms with Crippen molar-refractivity contribution >= 4 is 17.9 Å². The van der Waals surface area contributed by atoms with Gasteiger partial charge in [0.2, 0.25) is 0 Å². The van der Waals surface area contributed by atoms with Crippen LogP contribution in [-0.4, -0.2) is 16.1 Å². The van der Waals surface area contributed by atoms with E-state index in [1.165, 1.54) is 0 Å². The van der Waals surface area contributed by atoms with Crippen molar-refractivity contribution in [2.45, 2.75) is 26.2 Å². The molecule has 0 saturated carbocycles. The molecular formula is C10H15ClN2O. The summed E-state index contributed by atoms with van der Waals surface area (Å²) in [6.07, 6.45) is 3.33. The molecule has 0 aliphatic carbocycles. The van der Waals surface area contributed by atoms with Crippen LogP contribution in [0.2, 0.25) is 5.02 Å². The van der Waals surface area contributed by atoms with Gasteiger partial charge in [-0.1, -0.05) is 25.4 Å². The molecule has 0 N–H and O–H groups in total. The van der Waals surface area contributed by atoms with Gasteiger partial charge < -0.3 is 4.79 Å². The van der Waals surface area contributed by atoms with E-state index >= 15 is 0 Å². The van der Waals surface area contributed by atoms with Crippen LogP contribution in [0.25, 0.3) is 0 Å². The van der Waals surface area contributed by atoms with Gasteiger partial charge in [-0.2, -0.15) is 5.10 Å². The van der Waals surface area contributed by atoms with Crippen molar-refractivity contribution in [1.29, 1.82) is 0 Å². The number of aryl methyl sites for hydroxylation is 1. The zero-order chi connectivity index (χ0) is 10.7. The Morgan fingerprint density at radius 1 is 1.64 bits per heavy atom. The standard InChI is InChI=1S/C10H15ClN2O/c1-7(2)4-8(6-14)10-9(11)5-12-13(10)3/h5-8H,4H2,1-3H3. The average Bonchev–Trinajstić information content (AvgIpc) is 2.43. The molecule has 0 aliphatic heterocycles. The average molecular weight is 215 g/mol. The maximum atomic E-state index is 10.9. The lowest BCUT2D eigenvalue weighted by atomic mass is 9.95. The molecular weight excluding hydrogens is 200 g/mol. The number of rotatable bonds is 4. The summed E-state index contributed by atoms with van der Waals surface area (Å²) in [6.45, 7) is 4.17. The molecule has 0 fully saturated rings. The van der Waals surface area contributed by atoms with E-state index in [2.05, 4.69) is 18.9 Å². The lowest BCUT2D eigenvalue weighted by Gasteiger charge is -2.13. The second kappa shape index (κ2) is 4.60. The molecule has 3 nitrogen and oxygen atoms in total. The number of halogens is 1. The fourth-order valence-corrected chi connectivity index (χ4v) is 1.88. The molecule has 0 saturated heterocycles. The Morgan fingerprint density at radius 3 is 2.64 bits per heavy atom. The molecule has 1 aromatic rings. The van der Waals surface area contributed by atoms with Crippen molar-refractivity contribution in [3.05, 3.63) is 16.9 Å². The number of carbonyl (C=O) groups is 1. The molecule has 0 amide bonds. The van der Waals surface area contributed by atoms with Crippen molar-refractivity contribution < 1.29 is 4.79 Å². The maximum absolute atomic E-state index is 10.9. The SMILES string of the molecule is CC(C)CC(C=O)c1c(Cl)cnn1C. The Balaban J connectivity index is 2.94. The van der Waals surface area contributed by atoms with Gasteiger partial charge in [0, 0.05) is 7.05 Å². The number of nitrogens with zero attached hydrogens (tertiary/aromatic N) is 2. The first-order chi connectivity index (χ1) is 6.56. The molecule has 4 heteroatoms. The third kappa shape index (κ3) is 2.35. The highest BCUT2D eigenvalue weighted by atomic mass is 35.5. The van der Waals surface area contributed by atoms with Crippen LogP contribution in [0.4, 0.5) is 0 Å². The van der Waals surface area contributed by atoms with Crippen molar-refractivity contribution in [2.24, 2.45) is 13.0 Å². The predicted molar refractivity (Wildman–Crippen MR) is 56.5 cm³/mol. The van der Waals surface area contributed by atoms with E-state index in [4.69, 9.17) is 11.6 Å². The third-order valence-corrected chi connectivity index (χ3v) is 2.47. The van der Waals surface area contributed by atoms with Crippen molar-refractivity contribution in [3.63, 3.8) is 0 Å². The molecule has 1 rings (SSSR count). The van der Waals surface area contributed by atoms with E-state index in [1.807, 2.05) is 0 Å². The minimum Gasteiger partial charge on any atom is -0.303 e. The first-order valence-electron chi connectivity index (χ1n) is 4.69. The molecule has 0 bridgehead atoms. The van der Waals surface area contributed by atoms with Gasteiger partial charge >= 0.3 is 0 Å². The number of carbonyl (C=O) groups excluding carboxylic acids is 1. The largest absolute Gasteiger partial charge is 0.303 e. The summed E-state index contributed by atoms with van der Waals surface area (Å²) in [7, 11) is 1.80. The van der Waals surface area contributed by atoms with Crippen LogP contribution in [-0.2, 0) is 11.8 Å². The molecule has 1 heterocycles. The van der Waals surface area contributed by atoms with Gasteiger partial charge in [0.1, 0.15) is 6.29 Å². The second-order valence-corrected chi connectivity index (χ2v) is 4.28. The van der Waals surface area contributed by atoms with E-state index in [0.29, 0.717) is 10.9 Å². The Morgan fingerprint density at radius 2 is 2.29 bits per heavy atom. The van der Waals surface area contributed by atoms with Crippen LogP contribution < -0.4 is 0 Å². The lowest BCUT2D eigenvalue weighted by molar-refractivity contribution is -0.109. The van der Waals surface area contributed by atoms with Crippen LogP contribution in [0.3, 0.4) is 0 Å². The maximum Gasteiger partial charge on any atom is 0.129 e. The molecule has 0 spiro atoms. The van der Waals surface area contributed by atoms with E-state index in [0.717, 1.165) is 18.4 Å². The van der Waals surface area contributed by atoms with E-state index in [-0.39, 0.29) is 5.92 Å². The third-order valence-electron chi connectivity index (χ3n) is 2.18. The molecule has 0 aliphatic rings. The van der Waals surface area contributed by atoms with Gasteiger partial charge in [-0.15, -0.1) is 0 Å². The molecule has 0 aromatic carbocycles. The molecule has 1 unspecified atom stereocenters. The second-order valence-electron chi connectivity index (χ2n) is 3.87. The zero-order valence-corrected chi connectivity index (χ0v) is 9.45. The van der Waals surface area contributed by atoms with E-state index < -0.39 is 0 Å². The van der Waals surface area contributed by atoms with Gasteiger partial charge in [0.15, 0.2) is 0 Å². The van der Waals surface area contributed by atoms with E-state index in [1.54, 1.807) is 17.9 Å². The summed E-state index contributed by atoms with van der Waals surface area (Å²) in [5, 5.41) is 4.59. The minimum absolute atomic E-state index is 0.144. The summed E-state index contributed by atoms with van der Waals surface area (Å²) in [4.78, 5) is 10.9. The number of hydrogen-bond donors (Lipinski definition) is 0. The normalized spacial score (nSPS) is 13.2. The van der Waals surface area contributed by atoms with Crippen molar-refractivity contribution in [2.75, 3.05) is 0 Å². The van der Waals surface area contributed by atoms with Gasteiger partial charge in [-0.3, -0.25) is 4.68 Å². The van der Waals surface area contributed by atoms with Gasteiger partial charge in [0.25, 0.3) is 0 Å². The fraction of sp³-hybridized carbons (Fsp3) is 0.600. The highest BCUT2D eigenvalue weighted by Crippen LogP contribution is 2.27. The topological polar surface area (TPSA) is 34.9 Å². The summed E-state index contributed by atoms with van der Waals surface area (Å²) in [5.41, 5.74) is 0.815. The summed E-state index contributed by atoms with van der Waals surface area (Å²) >= 11 is 5.96. The Labute approximate surface area is 89.1 Å². The van der Waals surface area contributed by atoms with Crippen LogP contribution in [0.1, 0.15) is 31.9 Å². The molecule has 0 radical (unpaired) electrons. The van der Waals surface area contributed by atoms with Crippen molar-refractivity contribution in [1.82, 2.24) is 9.78 Å². The zero-order valence-electron chi connectivity index (χ0n) is 8.70. The monoisotopic (exact) mass is 214 g/mol. The van der Waals surface area contributed by atoms with Crippen LogP contribution in [0.15, 0.2) is 6.20 Å². The summed E-state index contributed by atoms with van der Waals surface area (Å²) in [5.74, 6) is 0.325. The van der Waals surface area contributed by atoms with Crippen molar-refractivity contribution in [3.8, 4) is 0 Å². The fourth-order valence-electron chi connectivity index (χ4n) is 1.58. The molecule has 1 atom stereocenters. The Kier molecular flexibility index (Phi) is 3.69. The number of aromatic nitrogens is 2. The molecule has 1 aromatic heterocycles. The number of hydrogen-bond acceptors (Lipinski definition) is 2. The lowest BCUT2D eigenvalue weighted by Crippen LogP contribution is -2.10. The summed E-state index contributed by atoms with van der Waals surface area (Å²) < 4.78 is 1.67. The minimum atomic E-state index is -0.144. The summed E-state index contributed by atoms with van der Waals surface area (Å²) in [6, 6.07) is 0. The first kappa shape index (κ1) is 11.2. The smallest absolute Gasteiger partial charge is 0.129 e. The van der Waals surface area contributed by atoms with Gasteiger partial charge in [-0.25, -0.2) is 0 Å². The highest BCUT2D eigenvalue weighted by Gasteiger charge is 2.19. The van der Waals surface area contributed by atoms with Crippen LogP contribution in [0, 0.1) is 5.92 Å². The number of aldehydes is 1. The van der Waals surface area contributed by atoms with Gasteiger partial charge in [0.05, 0.1) is 22.8 Å². The Hall–Kier alpha value is -0.830. The highest BCUT2D eigenvalue weighted by molar-refractivity contribution is 6.31. The quantitative estimate of drug-likeness (QED) is 0.722. The van der Waals surface area contributed by atoms with Crippen LogP contribution in [0.5, 0.6) is 0 Å². The molecule has 14 heavy (non-hydrogen) atoms. The predicted octanol–water partition coefficient (Wildman–Crippen LogP) is 2.40. The Bertz CT molecular complexity index is 300.